The molecule has 0 atom stereocenters. The van der Waals surface area contributed by atoms with Crippen molar-refractivity contribution in [1.82, 2.24) is 10.2 Å². The van der Waals surface area contributed by atoms with Gasteiger partial charge in [-0.05, 0) is 37.7 Å². The first-order valence-electron chi connectivity index (χ1n) is 6.94. The Morgan fingerprint density at radius 3 is 2.10 bits per heavy atom. The first-order valence-corrected chi connectivity index (χ1v) is 6.94. The second-order valence-electron chi connectivity index (χ2n) is 4.28. The summed E-state index contributed by atoms with van der Waals surface area (Å²) in [7, 11) is 0. The normalized spacial score (nSPS) is 9.80. The van der Waals surface area contributed by atoms with Gasteiger partial charge in [0.15, 0.2) is 0 Å². The molecule has 0 radical (unpaired) electrons. The zero-order valence-corrected chi connectivity index (χ0v) is 14.4. The first-order chi connectivity index (χ1) is 8.80. The fourth-order valence-corrected chi connectivity index (χ4v) is 1.88. The van der Waals surface area contributed by atoms with E-state index >= 15 is 0 Å². The highest BCUT2D eigenvalue weighted by atomic mass is 35.5. The van der Waals surface area contributed by atoms with E-state index in [2.05, 4.69) is 36.2 Å². The van der Waals surface area contributed by atoms with Crippen molar-refractivity contribution in [3.8, 4) is 5.75 Å². The number of nitrogens with one attached hydrogen (secondary N) is 1. The summed E-state index contributed by atoms with van der Waals surface area (Å²) in [5.41, 5.74) is 1.30. The molecule has 0 bridgehead atoms. The molecule has 0 saturated carbocycles. The van der Waals surface area contributed by atoms with E-state index < -0.39 is 0 Å². The SMILES string of the molecule is CCOc1ccc(CNCCN(CC)CC)cc1.Cl.Cl. The van der Waals surface area contributed by atoms with Crippen molar-refractivity contribution in [2.45, 2.75) is 27.3 Å². The molecular weight excluding hydrogens is 295 g/mol. The lowest BCUT2D eigenvalue weighted by molar-refractivity contribution is 0.302. The van der Waals surface area contributed by atoms with Crippen molar-refractivity contribution >= 4 is 24.8 Å². The Hall–Kier alpha value is -0.480. The third-order valence-electron chi connectivity index (χ3n) is 3.06. The zero-order valence-electron chi connectivity index (χ0n) is 12.7. The minimum atomic E-state index is 0. The van der Waals surface area contributed by atoms with E-state index in [0.29, 0.717) is 0 Å². The van der Waals surface area contributed by atoms with E-state index in [4.69, 9.17) is 4.74 Å². The van der Waals surface area contributed by atoms with E-state index in [1.165, 1.54) is 5.56 Å². The van der Waals surface area contributed by atoms with Crippen molar-refractivity contribution in [2.75, 3.05) is 32.8 Å². The van der Waals surface area contributed by atoms with Crippen LogP contribution in [0, 0.1) is 0 Å². The van der Waals surface area contributed by atoms with Gasteiger partial charge in [0.1, 0.15) is 5.75 Å². The highest BCUT2D eigenvalue weighted by molar-refractivity contribution is 5.85. The summed E-state index contributed by atoms with van der Waals surface area (Å²) in [6.45, 7) is 12.5. The quantitative estimate of drug-likeness (QED) is 0.705. The molecule has 0 unspecified atom stereocenters. The topological polar surface area (TPSA) is 24.5 Å². The van der Waals surface area contributed by atoms with Crippen molar-refractivity contribution < 1.29 is 4.74 Å². The molecular formula is C15H28Cl2N2O. The van der Waals surface area contributed by atoms with Gasteiger partial charge in [0.25, 0.3) is 0 Å². The monoisotopic (exact) mass is 322 g/mol. The van der Waals surface area contributed by atoms with Crippen LogP contribution in [-0.4, -0.2) is 37.7 Å². The molecule has 1 rings (SSSR count). The molecule has 0 aliphatic rings. The van der Waals surface area contributed by atoms with Gasteiger partial charge in [0.2, 0.25) is 0 Å². The summed E-state index contributed by atoms with van der Waals surface area (Å²) >= 11 is 0. The van der Waals surface area contributed by atoms with Gasteiger partial charge in [0, 0.05) is 19.6 Å². The Morgan fingerprint density at radius 2 is 1.60 bits per heavy atom. The maximum absolute atomic E-state index is 5.42. The number of hydrogen-bond donors (Lipinski definition) is 1. The van der Waals surface area contributed by atoms with E-state index in [0.717, 1.165) is 45.1 Å². The molecule has 5 heteroatoms. The summed E-state index contributed by atoms with van der Waals surface area (Å²) in [5.74, 6) is 0.949. The van der Waals surface area contributed by atoms with E-state index in [1.807, 2.05) is 19.1 Å². The first kappa shape index (κ1) is 21.8. The maximum Gasteiger partial charge on any atom is 0.119 e. The Bertz CT molecular complexity index is 316. The number of halogens is 2. The Morgan fingerprint density at radius 1 is 1.00 bits per heavy atom. The van der Waals surface area contributed by atoms with Gasteiger partial charge in [-0.3, -0.25) is 0 Å². The smallest absolute Gasteiger partial charge is 0.119 e. The average Bonchev–Trinajstić information content (AvgIpc) is 2.41. The number of benzene rings is 1. The predicted molar refractivity (Wildman–Crippen MR) is 91.6 cm³/mol. The second kappa shape index (κ2) is 13.5. The lowest BCUT2D eigenvalue weighted by Gasteiger charge is -2.18. The molecule has 0 saturated heterocycles. The highest BCUT2D eigenvalue weighted by Crippen LogP contribution is 2.11. The van der Waals surface area contributed by atoms with Crippen LogP contribution in [0.1, 0.15) is 26.3 Å². The molecule has 0 heterocycles. The van der Waals surface area contributed by atoms with Crippen LogP contribution in [0.4, 0.5) is 0 Å². The Balaban J connectivity index is 0. The fourth-order valence-electron chi connectivity index (χ4n) is 1.88. The molecule has 0 spiro atoms. The van der Waals surface area contributed by atoms with Crippen molar-refractivity contribution in [3.05, 3.63) is 29.8 Å². The van der Waals surface area contributed by atoms with Crippen molar-refractivity contribution in [3.63, 3.8) is 0 Å². The van der Waals surface area contributed by atoms with E-state index in [9.17, 15) is 0 Å². The van der Waals surface area contributed by atoms with Crippen LogP contribution < -0.4 is 10.1 Å². The summed E-state index contributed by atoms with van der Waals surface area (Å²) in [6.07, 6.45) is 0. The molecule has 20 heavy (non-hydrogen) atoms. The molecule has 1 aromatic carbocycles. The minimum Gasteiger partial charge on any atom is -0.494 e. The number of rotatable bonds is 9. The standard InChI is InChI=1S/C15H26N2O.2ClH/c1-4-17(5-2)12-11-16-13-14-7-9-15(10-8-14)18-6-3;;/h7-10,16H,4-6,11-13H2,1-3H3;2*1H. The van der Waals surface area contributed by atoms with Crippen LogP contribution in [0.15, 0.2) is 24.3 Å². The summed E-state index contributed by atoms with van der Waals surface area (Å²) < 4.78 is 5.42. The number of likely N-dealkylation sites (N-methyl/N-ethyl adjacent to an activating group) is 1. The Labute approximate surface area is 135 Å². The molecule has 0 aliphatic heterocycles. The van der Waals surface area contributed by atoms with Gasteiger partial charge in [-0.15, -0.1) is 24.8 Å². The van der Waals surface area contributed by atoms with Gasteiger partial charge in [-0.1, -0.05) is 26.0 Å². The van der Waals surface area contributed by atoms with Gasteiger partial charge in [0.05, 0.1) is 6.61 Å². The highest BCUT2D eigenvalue weighted by Gasteiger charge is 1.98. The van der Waals surface area contributed by atoms with Crippen LogP contribution in [0.5, 0.6) is 5.75 Å². The summed E-state index contributed by atoms with van der Waals surface area (Å²) in [4.78, 5) is 2.42. The van der Waals surface area contributed by atoms with Crippen LogP contribution in [-0.2, 0) is 6.54 Å². The molecule has 3 nitrogen and oxygen atoms in total. The molecule has 1 N–H and O–H groups in total. The summed E-state index contributed by atoms with van der Waals surface area (Å²) in [5, 5.41) is 3.47. The zero-order chi connectivity index (χ0) is 13.2. The molecule has 0 aliphatic carbocycles. The molecule has 0 amide bonds. The van der Waals surface area contributed by atoms with E-state index in [-0.39, 0.29) is 24.8 Å². The third kappa shape index (κ3) is 8.64. The predicted octanol–water partition coefficient (Wildman–Crippen LogP) is 3.36. The summed E-state index contributed by atoms with van der Waals surface area (Å²) in [6, 6.07) is 8.31. The molecule has 118 valence electrons. The third-order valence-corrected chi connectivity index (χ3v) is 3.06. The molecule has 0 fully saturated rings. The number of ether oxygens (including phenoxy) is 1. The van der Waals surface area contributed by atoms with Crippen LogP contribution in [0.25, 0.3) is 0 Å². The van der Waals surface area contributed by atoms with Gasteiger partial charge in [-0.2, -0.15) is 0 Å². The van der Waals surface area contributed by atoms with Gasteiger partial charge >= 0.3 is 0 Å². The van der Waals surface area contributed by atoms with Crippen molar-refractivity contribution in [2.24, 2.45) is 0 Å². The van der Waals surface area contributed by atoms with E-state index in [1.54, 1.807) is 0 Å². The lowest BCUT2D eigenvalue weighted by Crippen LogP contribution is -2.31. The lowest BCUT2D eigenvalue weighted by atomic mass is 10.2. The second-order valence-corrected chi connectivity index (χ2v) is 4.28. The number of hydrogen-bond acceptors (Lipinski definition) is 3. The minimum absolute atomic E-state index is 0. The van der Waals surface area contributed by atoms with Crippen LogP contribution >= 0.6 is 24.8 Å². The largest absolute Gasteiger partial charge is 0.494 e. The van der Waals surface area contributed by atoms with Gasteiger partial charge in [-0.25, -0.2) is 0 Å². The average molecular weight is 323 g/mol. The van der Waals surface area contributed by atoms with Crippen LogP contribution in [0.3, 0.4) is 0 Å². The fraction of sp³-hybridized carbons (Fsp3) is 0.600. The maximum atomic E-state index is 5.42. The molecule has 0 aromatic heterocycles. The van der Waals surface area contributed by atoms with Crippen LogP contribution in [0.2, 0.25) is 0 Å². The van der Waals surface area contributed by atoms with Crippen molar-refractivity contribution in [1.29, 1.82) is 0 Å². The van der Waals surface area contributed by atoms with Gasteiger partial charge < -0.3 is 15.0 Å². The number of nitrogens with zero attached hydrogens (tertiary/aromatic N) is 1. The Kier molecular flexibility index (Phi) is 14.7. The molecule has 1 aromatic rings.